The summed E-state index contributed by atoms with van der Waals surface area (Å²) in [5, 5.41) is 0.796. The summed E-state index contributed by atoms with van der Waals surface area (Å²) < 4.78 is 21.9. The zero-order valence-corrected chi connectivity index (χ0v) is 16.8. The molecule has 0 fully saturated rings. The lowest BCUT2D eigenvalue weighted by Gasteiger charge is -2.08. The van der Waals surface area contributed by atoms with Crippen molar-refractivity contribution in [3.63, 3.8) is 0 Å². The first-order valence-corrected chi connectivity index (χ1v) is 10.2. The molecule has 0 saturated heterocycles. The second-order valence-corrected chi connectivity index (χ2v) is 7.51. The van der Waals surface area contributed by atoms with Gasteiger partial charge in [-0.3, -0.25) is 0 Å². The van der Waals surface area contributed by atoms with Gasteiger partial charge in [0, 0.05) is 17.0 Å². The number of hydrogen-bond acceptors (Lipinski definition) is 6. The SMILES string of the molecule is O=C(OCc1cc(=O)oc2cc3c(cc12)CCC3)c1ccc(COc2ccccc2)o1. The molecule has 1 aliphatic carbocycles. The molecule has 156 valence electrons. The summed E-state index contributed by atoms with van der Waals surface area (Å²) in [6.07, 6.45) is 3.09. The van der Waals surface area contributed by atoms with Gasteiger partial charge in [0.05, 0.1) is 0 Å². The number of hydrogen-bond donors (Lipinski definition) is 0. The molecule has 0 N–H and O–H groups in total. The van der Waals surface area contributed by atoms with Gasteiger partial charge in [-0.15, -0.1) is 0 Å². The van der Waals surface area contributed by atoms with E-state index in [0.717, 1.165) is 24.6 Å². The molecule has 2 heterocycles. The summed E-state index contributed by atoms with van der Waals surface area (Å²) in [5.74, 6) is 0.704. The third-order valence-corrected chi connectivity index (χ3v) is 5.39. The minimum atomic E-state index is -0.603. The summed E-state index contributed by atoms with van der Waals surface area (Å²) >= 11 is 0. The van der Waals surface area contributed by atoms with E-state index in [-0.39, 0.29) is 19.0 Å². The van der Waals surface area contributed by atoms with Crippen molar-refractivity contribution in [1.29, 1.82) is 0 Å². The number of fused-ring (bicyclic) bond motifs is 2. The van der Waals surface area contributed by atoms with Crippen molar-refractivity contribution < 1.29 is 23.1 Å². The van der Waals surface area contributed by atoms with E-state index < -0.39 is 11.6 Å². The van der Waals surface area contributed by atoms with Gasteiger partial charge >= 0.3 is 11.6 Å². The zero-order valence-electron chi connectivity index (χ0n) is 16.8. The fraction of sp³-hybridized carbons (Fsp3) is 0.200. The molecular formula is C25H20O6. The number of ether oxygens (including phenoxy) is 2. The fourth-order valence-electron chi connectivity index (χ4n) is 3.86. The largest absolute Gasteiger partial charge is 0.486 e. The molecule has 5 rings (SSSR count). The summed E-state index contributed by atoms with van der Waals surface area (Å²) in [6, 6.07) is 17.9. The molecule has 6 nitrogen and oxygen atoms in total. The van der Waals surface area contributed by atoms with Gasteiger partial charge in [0.2, 0.25) is 5.76 Å². The number of para-hydroxylation sites is 1. The minimum absolute atomic E-state index is 0.0454. The van der Waals surface area contributed by atoms with E-state index in [9.17, 15) is 9.59 Å². The predicted molar refractivity (Wildman–Crippen MR) is 113 cm³/mol. The molecule has 0 aliphatic heterocycles. The second kappa shape index (κ2) is 8.14. The molecule has 0 amide bonds. The van der Waals surface area contributed by atoms with Crippen LogP contribution in [0.4, 0.5) is 0 Å². The van der Waals surface area contributed by atoms with Crippen molar-refractivity contribution >= 4 is 16.9 Å². The molecule has 31 heavy (non-hydrogen) atoms. The standard InChI is InChI=1S/C25H20O6/c26-24-13-18(21-11-16-5-4-6-17(16)12-23(21)31-24)14-29-25(27)22-10-9-20(30-22)15-28-19-7-2-1-3-8-19/h1-3,7-13H,4-6,14-15H2. The molecule has 4 aromatic rings. The van der Waals surface area contributed by atoms with Gasteiger partial charge in [-0.2, -0.15) is 0 Å². The summed E-state index contributed by atoms with van der Waals surface area (Å²) in [5.41, 5.74) is 3.15. The van der Waals surface area contributed by atoms with Crippen LogP contribution in [0.1, 0.15) is 39.4 Å². The smallest absolute Gasteiger partial charge is 0.374 e. The topological polar surface area (TPSA) is 78.9 Å². The lowest BCUT2D eigenvalue weighted by Crippen LogP contribution is -2.07. The number of aryl methyl sites for hydroxylation is 2. The van der Waals surface area contributed by atoms with Crippen molar-refractivity contribution in [2.24, 2.45) is 0 Å². The van der Waals surface area contributed by atoms with E-state index in [4.69, 9.17) is 18.3 Å². The number of esters is 1. The van der Waals surface area contributed by atoms with Crippen LogP contribution in [0.2, 0.25) is 0 Å². The van der Waals surface area contributed by atoms with Gasteiger partial charge in [-0.25, -0.2) is 9.59 Å². The third-order valence-electron chi connectivity index (χ3n) is 5.39. The number of benzene rings is 2. The summed E-state index contributed by atoms with van der Waals surface area (Å²) in [4.78, 5) is 24.4. The van der Waals surface area contributed by atoms with Crippen molar-refractivity contribution in [2.45, 2.75) is 32.5 Å². The first kappa shape index (κ1) is 19.2. The highest BCUT2D eigenvalue weighted by Crippen LogP contribution is 2.29. The predicted octanol–water partition coefficient (Wildman–Crippen LogP) is 4.81. The van der Waals surface area contributed by atoms with Gasteiger partial charge in [0.15, 0.2) is 0 Å². The molecule has 0 saturated carbocycles. The van der Waals surface area contributed by atoms with Crippen LogP contribution in [-0.2, 0) is 30.8 Å². The Labute approximate surface area is 178 Å². The quantitative estimate of drug-likeness (QED) is 0.332. The highest BCUT2D eigenvalue weighted by atomic mass is 16.5. The fourth-order valence-corrected chi connectivity index (χ4v) is 3.86. The summed E-state index contributed by atoms with van der Waals surface area (Å²) in [7, 11) is 0. The van der Waals surface area contributed by atoms with E-state index in [1.807, 2.05) is 42.5 Å². The Morgan fingerprint density at radius 1 is 0.903 bits per heavy atom. The molecule has 0 bridgehead atoms. The highest BCUT2D eigenvalue weighted by molar-refractivity contribution is 5.87. The van der Waals surface area contributed by atoms with Crippen molar-refractivity contribution in [3.8, 4) is 5.75 Å². The van der Waals surface area contributed by atoms with Crippen molar-refractivity contribution in [1.82, 2.24) is 0 Å². The van der Waals surface area contributed by atoms with E-state index in [1.54, 1.807) is 12.1 Å². The van der Waals surface area contributed by atoms with E-state index >= 15 is 0 Å². The molecule has 0 spiro atoms. The Hall–Kier alpha value is -3.80. The van der Waals surface area contributed by atoms with E-state index in [0.29, 0.717) is 22.7 Å². The number of furan rings is 1. The molecule has 2 aromatic heterocycles. The molecule has 6 heteroatoms. The normalized spacial score (nSPS) is 12.6. The molecule has 0 atom stereocenters. The van der Waals surface area contributed by atoms with Crippen molar-refractivity contribution in [2.75, 3.05) is 0 Å². The zero-order chi connectivity index (χ0) is 21.2. The monoisotopic (exact) mass is 416 g/mol. The molecular weight excluding hydrogens is 396 g/mol. The van der Waals surface area contributed by atoms with Crippen LogP contribution in [0, 0.1) is 0 Å². The Balaban J connectivity index is 1.28. The maximum absolute atomic E-state index is 12.5. The number of carbonyl (C=O) groups is 1. The Morgan fingerprint density at radius 2 is 1.71 bits per heavy atom. The first-order valence-electron chi connectivity index (χ1n) is 10.2. The molecule has 2 aromatic carbocycles. The van der Waals surface area contributed by atoms with Gasteiger partial charge in [-0.1, -0.05) is 18.2 Å². The summed E-state index contributed by atoms with van der Waals surface area (Å²) in [6.45, 7) is 0.156. The Bertz CT molecular complexity index is 1300. The van der Waals surface area contributed by atoms with Crippen LogP contribution >= 0.6 is 0 Å². The van der Waals surface area contributed by atoms with Crippen LogP contribution in [0.15, 0.2) is 74.3 Å². The first-order chi connectivity index (χ1) is 15.2. The average molecular weight is 416 g/mol. The van der Waals surface area contributed by atoms with Crippen molar-refractivity contribution in [3.05, 3.63) is 99.3 Å². The number of rotatable bonds is 6. The minimum Gasteiger partial charge on any atom is -0.486 e. The average Bonchev–Trinajstić information content (AvgIpc) is 3.44. The van der Waals surface area contributed by atoms with Crippen LogP contribution in [0.3, 0.4) is 0 Å². The van der Waals surface area contributed by atoms with Gasteiger partial charge < -0.3 is 18.3 Å². The van der Waals surface area contributed by atoms with Crippen LogP contribution in [0.25, 0.3) is 11.0 Å². The number of carbonyl (C=O) groups excluding carboxylic acids is 1. The lowest BCUT2D eigenvalue weighted by atomic mass is 10.0. The van der Waals surface area contributed by atoms with Gasteiger partial charge in [-0.05, 0) is 66.8 Å². The Kier molecular flexibility index (Phi) is 5.04. The highest BCUT2D eigenvalue weighted by Gasteiger charge is 2.17. The van der Waals surface area contributed by atoms with Crippen LogP contribution in [0.5, 0.6) is 5.75 Å². The molecule has 0 unspecified atom stereocenters. The van der Waals surface area contributed by atoms with E-state index in [1.165, 1.54) is 17.2 Å². The maximum Gasteiger partial charge on any atom is 0.374 e. The van der Waals surface area contributed by atoms with Gasteiger partial charge in [0.1, 0.15) is 30.3 Å². The molecule has 1 aliphatic rings. The second-order valence-electron chi connectivity index (χ2n) is 7.51. The Morgan fingerprint density at radius 3 is 2.55 bits per heavy atom. The van der Waals surface area contributed by atoms with Gasteiger partial charge in [0.25, 0.3) is 0 Å². The third kappa shape index (κ3) is 4.10. The lowest BCUT2D eigenvalue weighted by molar-refractivity contribution is 0.0433. The van der Waals surface area contributed by atoms with Crippen LogP contribution in [-0.4, -0.2) is 5.97 Å². The van der Waals surface area contributed by atoms with Crippen LogP contribution < -0.4 is 10.4 Å². The maximum atomic E-state index is 12.5. The van der Waals surface area contributed by atoms with E-state index in [2.05, 4.69) is 0 Å². The molecule has 0 radical (unpaired) electrons.